The van der Waals surface area contributed by atoms with E-state index in [1.54, 1.807) is 30.5 Å². The lowest BCUT2D eigenvalue weighted by Gasteiger charge is -2.37. The Hall–Kier alpha value is -6.70. The van der Waals surface area contributed by atoms with Crippen LogP contribution in [0.1, 0.15) is 45.2 Å². The molecule has 3 N–H and O–H groups in total. The summed E-state index contributed by atoms with van der Waals surface area (Å²) in [5, 5.41) is 16.4. The summed E-state index contributed by atoms with van der Waals surface area (Å²) in [7, 11) is 0. The quantitative estimate of drug-likeness (QED) is 0.117. The molecule has 1 aromatic heterocycles. The molecule has 3 amide bonds. The number of nitrogens with one attached hydrogen (secondary N) is 2. The fraction of sp³-hybridized carbons (Fsp3) is 0.208. The molecule has 6 aromatic rings. The third-order valence-electron chi connectivity index (χ3n) is 11.2. The van der Waals surface area contributed by atoms with Crippen LogP contribution < -0.4 is 24.8 Å². The predicted molar refractivity (Wildman–Crippen MR) is 233 cm³/mol. The Labute approximate surface area is 371 Å². The molecular weight excluding hydrogens is 853 g/mol. The minimum Gasteiger partial charge on any atom is -0.489 e. The fourth-order valence-corrected chi connectivity index (χ4v) is 7.90. The van der Waals surface area contributed by atoms with Crippen molar-refractivity contribution in [1.29, 1.82) is 0 Å². The molecule has 0 fully saturated rings. The zero-order valence-corrected chi connectivity index (χ0v) is 35.5. The summed E-state index contributed by atoms with van der Waals surface area (Å²) in [6.45, 7) is 4.28. The number of carboxylic acid groups (broad SMARTS) is 1. The number of hydrogen-bond acceptors (Lipinski definition) is 7. The van der Waals surface area contributed by atoms with Gasteiger partial charge in [0.25, 0.3) is 0 Å². The van der Waals surface area contributed by atoms with Gasteiger partial charge in [-0.2, -0.15) is 0 Å². The minimum absolute atomic E-state index is 0.0120. The fourth-order valence-electron chi connectivity index (χ4n) is 7.58. The molecular formula is C48H40Cl2F2N4O7. The monoisotopic (exact) mass is 892 g/mol. The number of hydrogen-bond donors (Lipinski definition) is 3. The van der Waals surface area contributed by atoms with Crippen LogP contribution in [0.4, 0.5) is 19.3 Å². The molecule has 322 valence electrons. The number of ether oxygens (including phenoxy) is 3. The van der Waals surface area contributed by atoms with E-state index in [2.05, 4.69) is 15.6 Å². The molecule has 5 aromatic carbocycles. The highest BCUT2D eigenvalue weighted by Crippen LogP contribution is 2.41. The van der Waals surface area contributed by atoms with E-state index >= 15 is 0 Å². The van der Waals surface area contributed by atoms with E-state index in [1.165, 1.54) is 11.0 Å². The lowest BCUT2D eigenvalue weighted by molar-refractivity contribution is -0.142. The summed E-state index contributed by atoms with van der Waals surface area (Å²) < 4.78 is 46.4. The summed E-state index contributed by atoms with van der Waals surface area (Å²) in [5.41, 5.74) is 7.51. The third kappa shape index (κ3) is 9.69. The zero-order chi connectivity index (χ0) is 44.4. The Kier molecular flexibility index (Phi) is 12.5. The summed E-state index contributed by atoms with van der Waals surface area (Å²) in [4.78, 5) is 46.2. The summed E-state index contributed by atoms with van der Waals surface area (Å²) in [6.07, 6.45) is 1.21. The Bertz CT molecular complexity index is 2720. The first kappa shape index (κ1) is 43.0. The standard InChI is InChI=1S/C48H40Cl2F2N4O7/c1-26-27(2)53-16-15-36(26)30-6-3-28(4-7-30)18-41(47(58)59)55-46(57)42-19-32-20-43-44(21-33(32)23-56(42)48(60)54-34-10-14-39(51)40(52)22-34)63-45(25-62-43)31-8-11-35(12-9-31)61-24-29-5-13-37(49)38(50)17-29/h3-17,20-22,41-42,45H,18-19,23-25H2,1-2H3,(H,54,60)(H,55,57)(H,58,59)/t41?,42-,45+/m0/s1. The van der Waals surface area contributed by atoms with E-state index in [1.807, 2.05) is 74.5 Å². The van der Waals surface area contributed by atoms with Crippen molar-refractivity contribution in [2.45, 2.75) is 58.0 Å². The van der Waals surface area contributed by atoms with Crippen LogP contribution in [0.2, 0.25) is 10.0 Å². The number of nitrogens with zero attached hydrogens (tertiary/aromatic N) is 2. The van der Waals surface area contributed by atoms with Gasteiger partial charge in [0, 0.05) is 43.0 Å². The number of carboxylic acids is 1. The second kappa shape index (κ2) is 18.3. The topological polar surface area (TPSA) is 139 Å². The van der Waals surface area contributed by atoms with Crippen molar-refractivity contribution < 1.29 is 42.5 Å². The van der Waals surface area contributed by atoms with Gasteiger partial charge in [-0.05, 0) is 113 Å². The normalized spacial score (nSPS) is 15.8. The molecule has 0 radical (unpaired) electrons. The van der Waals surface area contributed by atoms with Crippen molar-refractivity contribution in [1.82, 2.24) is 15.2 Å². The maximum absolute atomic E-state index is 14.2. The molecule has 0 saturated heterocycles. The predicted octanol–water partition coefficient (Wildman–Crippen LogP) is 9.81. The van der Waals surface area contributed by atoms with Crippen LogP contribution in [-0.2, 0) is 35.6 Å². The van der Waals surface area contributed by atoms with E-state index in [0.717, 1.165) is 45.6 Å². The van der Waals surface area contributed by atoms with Crippen LogP contribution in [0, 0.1) is 25.5 Å². The minimum atomic E-state index is -1.34. The lowest BCUT2D eigenvalue weighted by Crippen LogP contribution is -2.56. The van der Waals surface area contributed by atoms with Gasteiger partial charge >= 0.3 is 12.0 Å². The summed E-state index contributed by atoms with van der Waals surface area (Å²) in [6, 6.07) is 25.1. The molecule has 63 heavy (non-hydrogen) atoms. The van der Waals surface area contributed by atoms with Gasteiger partial charge in [0.2, 0.25) is 5.91 Å². The number of benzene rings is 5. The maximum atomic E-state index is 14.2. The highest BCUT2D eigenvalue weighted by atomic mass is 35.5. The molecule has 1 unspecified atom stereocenters. The van der Waals surface area contributed by atoms with Crippen LogP contribution >= 0.6 is 23.2 Å². The van der Waals surface area contributed by atoms with Crippen LogP contribution in [0.15, 0.2) is 109 Å². The number of anilines is 1. The zero-order valence-electron chi connectivity index (χ0n) is 34.0. The Morgan fingerprint density at radius 2 is 1.62 bits per heavy atom. The number of carbonyl (C=O) groups excluding carboxylic acids is 2. The van der Waals surface area contributed by atoms with E-state index in [0.29, 0.717) is 44.0 Å². The number of pyridine rings is 1. The second-order valence-corrected chi connectivity index (χ2v) is 16.2. The van der Waals surface area contributed by atoms with Crippen LogP contribution in [0.25, 0.3) is 11.1 Å². The van der Waals surface area contributed by atoms with Crippen molar-refractivity contribution in [2.24, 2.45) is 0 Å². The maximum Gasteiger partial charge on any atom is 0.326 e. The van der Waals surface area contributed by atoms with Gasteiger partial charge in [0.1, 0.15) is 31.0 Å². The molecule has 0 spiro atoms. The van der Waals surface area contributed by atoms with E-state index in [9.17, 15) is 28.3 Å². The van der Waals surface area contributed by atoms with Gasteiger partial charge in [-0.1, -0.05) is 65.7 Å². The molecule has 0 saturated carbocycles. The number of amides is 3. The Morgan fingerprint density at radius 3 is 2.35 bits per heavy atom. The molecule has 15 heteroatoms. The van der Waals surface area contributed by atoms with Crippen molar-refractivity contribution in [3.05, 3.63) is 170 Å². The van der Waals surface area contributed by atoms with Gasteiger partial charge in [-0.15, -0.1) is 0 Å². The Balaban J connectivity index is 0.993. The van der Waals surface area contributed by atoms with Crippen LogP contribution in [-0.4, -0.2) is 51.6 Å². The van der Waals surface area contributed by atoms with Crippen LogP contribution in [0.3, 0.4) is 0 Å². The second-order valence-electron chi connectivity index (χ2n) is 15.4. The molecule has 2 aliphatic heterocycles. The molecule has 8 rings (SSSR count). The average Bonchev–Trinajstić information content (AvgIpc) is 3.27. The largest absolute Gasteiger partial charge is 0.489 e. The summed E-state index contributed by atoms with van der Waals surface area (Å²) >= 11 is 12.2. The summed E-state index contributed by atoms with van der Waals surface area (Å²) in [5.74, 6) is -2.75. The number of aryl methyl sites for hydroxylation is 1. The van der Waals surface area contributed by atoms with E-state index in [-0.39, 0.29) is 38.3 Å². The highest BCUT2D eigenvalue weighted by Gasteiger charge is 2.38. The number of urea groups is 1. The number of carbonyl (C=O) groups is 3. The van der Waals surface area contributed by atoms with Crippen molar-refractivity contribution in [3.8, 4) is 28.4 Å². The van der Waals surface area contributed by atoms with Crippen molar-refractivity contribution in [2.75, 3.05) is 11.9 Å². The molecule has 2 aliphatic rings. The van der Waals surface area contributed by atoms with Crippen molar-refractivity contribution in [3.63, 3.8) is 0 Å². The smallest absolute Gasteiger partial charge is 0.326 e. The molecule has 11 nitrogen and oxygen atoms in total. The number of aromatic nitrogens is 1. The first-order valence-corrected chi connectivity index (χ1v) is 20.7. The molecule has 0 bridgehead atoms. The lowest BCUT2D eigenvalue weighted by atomic mass is 9.92. The molecule has 3 atom stereocenters. The number of aliphatic carboxylic acids is 1. The van der Waals surface area contributed by atoms with Gasteiger partial charge in [-0.3, -0.25) is 9.78 Å². The first-order chi connectivity index (χ1) is 30.3. The van der Waals surface area contributed by atoms with E-state index in [4.69, 9.17) is 37.4 Å². The van der Waals surface area contributed by atoms with Gasteiger partial charge in [-0.25, -0.2) is 18.4 Å². The average molecular weight is 894 g/mol. The van der Waals surface area contributed by atoms with Gasteiger partial charge in [0.05, 0.1) is 10.0 Å². The Morgan fingerprint density at radius 1 is 0.873 bits per heavy atom. The van der Waals surface area contributed by atoms with Crippen LogP contribution in [0.5, 0.6) is 17.2 Å². The van der Waals surface area contributed by atoms with Crippen molar-refractivity contribution >= 4 is 46.8 Å². The highest BCUT2D eigenvalue weighted by molar-refractivity contribution is 6.42. The van der Waals surface area contributed by atoms with Gasteiger partial charge < -0.3 is 34.9 Å². The molecule has 0 aliphatic carbocycles. The molecule has 3 heterocycles. The number of rotatable bonds is 11. The number of fused-ring (bicyclic) bond motifs is 2. The number of halogens is 4. The SMILES string of the molecule is Cc1nccc(-c2ccc(CC(NC(=O)[C@@H]3Cc4cc5c(cc4CN3C(=O)Nc3ccc(F)c(F)c3)O[C@@H](c3ccc(OCc4ccc(Cl)c(Cl)c4)cc3)CO5)C(=O)O)cc2)c1C. The van der Waals surface area contributed by atoms with Gasteiger partial charge in [0.15, 0.2) is 29.2 Å². The van der Waals surface area contributed by atoms with E-state index < -0.39 is 47.7 Å². The first-order valence-electron chi connectivity index (χ1n) is 20.0. The third-order valence-corrected chi connectivity index (χ3v) is 11.9.